The third-order valence-electron chi connectivity index (χ3n) is 4.01. The van der Waals surface area contributed by atoms with Crippen LogP contribution in [0.25, 0.3) is 0 Å². The van der Waals surface area contributed by atoms with Crippen LogP contribution in [0.4, 0.5) is 11.4 Å². The Kier molecular flexibility index (Phi) is 7.66. The van der Waals surface area contributed by atoms with Gasteiger partial charge < -0.3 is 15.5 Å². The van der Waals surface area contributed by atoms with Crippen molar-refractivity contribution < 1.29 is 14.5 Å². The van der Waals surface area contributed by atoms with Gasteiger partial charge in [-0.05, 0) is 29.7 Å². The number of nitrogens with one attached hydrogen (secondary N) is 3. The minimum Gasteiger partial charge on any atom is -0.322 e. The van der Waals surface area contributed by atoms with Gasteiger partial charge >= 0.3 is 0 Å². The highest BCUT2D eigenvalue weighted by molar-refractivity contribution is 6.39. The van der Waals surface area contributed by atoms with Crippen molar-refractivity contribution in [1.29, 1.82) is 0 Å². The second-order valence-electron chi connectivity index (χ2n) is 6.75. The molecular weight excluding hydrogens is 385 g/mol. The van der Waals surface area contributed by atoms with Crippen LogP contribution in [-0.2, 0) is 9.59 Å². The van der Waals surface area contributed by atoms with Gasteiger partial charge in [0.2, 0.25) is 0 Å². The maximum absolute atomic E-state index is 12.3. The van der Waals surface area contributed by atoms with E-state index < -0.39 is 0 Å². The Hall–Kier alpha value is -2.08. The van der Waals surface area contributed by atoms with Crippen molar-refractivity contribution in [1.82, 2.24) is 0 Å². The lowest BCUT2D eigenvalue weighted by Crippen LogP contribution is -3.11. The number of rotatable bonds is 7. The molecule has 0 aliphatic carbocycles. The summed E-state index contributed by atoms with van der Waals surface area (Å²) in [5.41, 5.74) is 2.26. The predicted molar refractivity (Wildman–Crippen MR) is 111 cm³/mol. The average molecular weight is 409 g/mol. The summed E-state index contributed by atoms with van der Waals surface area (Å²) in [7, 11) is 1.78. The van der Waals surface area contributed by atoms with E-state index in [2.05, 4.69) is 24.5 Å². The molecule has 1 atom stereocenters. The number of carbonyl (C=O) groups excluding carboxylic acids is 2. The Morgan fingerprint density at radius 2 is 1.48 bits per heavy atom. The summed E-state index contributed by atoms with van der Waals surface area (Å²) in [5.74, 6) is -0.111. The maximum atomic E-state index is 12.3. The smallest absolute Gasteiger partial charge is 0.279 e. The van der Waals surface area contributed by atoms with Gasteiger partial charge in [0.25, 0.3) is 11.8 Å². The molecule has 2 amide bonds. The van der Waals surface area contributed by atoms with Gasteiger partial charge in [0.1, 0.15) is 0 Å². The molecule has 0 aliphatic heterocycles. The number of para-hydroxylation sites is 2. The topological polar surface area (TPSA) is 62.6 Å². The quantitative estimate of drug-likeness (QED) is 0.658. The molecule has 144 valence electrons. The van der Waals surface area contributed by atoms with Crippen LogP contribution in [0.15, 0.2) is 42.5 Å². The largest absolute Gasteiger partial charge is 0.322 e. The Morgan fingerprint density at radius 1 is 0.926 bits per heavy atom. The van der Waals surface area contributed by atoms with E-state index >= 15 is 0 Å². The summed E-state index contributed by atoms with van der Waals surface area (Å²) >= 11 is 12.1. The first-order chi connectivity index (χ1) is 12.8. The average Bonchev–Trinajstić information content (AvgIpc) is 2.58. The fraction of sp³-hybridized carbons (Fsp3) is 0.300. The number of likely N-dealkylation sites (N-methyl/N-ethyl adjacent to an activating group) is 1. The first-order valence-corrected chi connectivity index (χ1v) is 9.47. The summed E-state index contributed by atoms with van der Waals surface area (Å²) in [6, 6.07) is 12.7. The molecule has 2 aromatic carbocycles. The van der Waals surface area contributed by atoms with Gasteiger partial charge in [-0.15, -0.1) is 0 Å². The Balaban J connectivity index is 1.91. The summed E-state index contributed by atoms with van der Waals surface area (Å²) in [6.07, 6.45) is 0. The highest BCUT2D eigenvalue weighted by Crippen LogP contribution is 2.29. The number of benzene rings is 2. The van der Waals surface area contributed by atoms with Crippen molar-refractivity contribution >= 4 is 46.4 Å². The predicted octanol–water partition coefficient (Wildman–Crippen LogP) is 3.21. The van der Waals surface area contributed by atoms with Crippen molar-refractivity contribution in [2.24, 2.45) is 0 Å². The van der Waals surface area contributed by atoms with Crippen LogP contribution in [0.3, 0.4) is 0 Å². The molecule has 0 aromatic heterocycles. The molecule has 2 rings (SSSR count). The number of amides is 2. The molecule has 0 bridgehead atoms. The second kappa shape index (κ2) is 9.74. The van der Waals surface area contributed by atoms with Gasteiger partial charge in [0.15, 0.2) is 13.1 Å². The van der Waals surface area contributed by atoms with E-state index in [0.717, 1.165) is 16.2 Å². The SMILES string of the molecule is CC(C)c1ccccc1NC(=O)C[NH+](C)CC(=O)Nc1c(Cl)cccc1Cl. The zero-order chi connectivity index (χ0) is 20.0. The van der Waals surface area contributed by atoms with E-state index in [1.165, 1.54) is 0 Å². The van der Waals surface area contributed by atoms with Crippen molar-refractivity contribution in [2.45, 2.75) is 19.8 Å². The molecular formula is C20H24Cl2N3O2+. The van der Waals surface area contributed by atoms with E-state index in [1.807, 2.05) is 24.3 Å². The molecule has 2 aromatic rings. The molecule has 27 heavy (non-hydrogen) atoms. The Morgan fingerprint density at radius 3 is 2.07 bits per heavy atom. The first kappa shape index (κ1) is 21.2. The van der Waals surface area contributed by atoms with Crippen LogP contribution >= 0.6 is 23.2 Å². The minimum absolute atomic E-state index is 0.112. The maximum Gasteiger partial charge on any atom is 0.279 e. The van der Waals surface area contributed by atoms with E-state index in [1.54, 1.807) is 25.2 Å². The van der Waals surface area contributed by atoms with Gasteiger partial charge in [-0.1, -0.05) is 61.3 Å². The number of anilines is 2. The number of hydrogen-bond acceptors (Lipinski definition) is 2. The second-order valence-corrected chi connectivity index (χ2v) is 7.56. The zero-order valence-corrected chi connectivity index (χ0v) is 17.1. The minimum atomic E-state index is -0.266. The molecule has 0 heterocycles. The third-order valence-corrected chi connectivity index (χ3v) is 4.64. The standard InChI is InChI=1S/C20H23Cl2N3O2/c1-13(2)14-7-4-5-10-17(14)23-18(26)11-25(3)12-19(27)24-20-15(21)8-6-9-16(20)22/h4-10,13H,11-12H2,1-3H3,(H,23,26)(H,24,27)/p+1. The first-order valence-electron chi connectivity index (χ1n) is 8.72. The molecule has 5 nitrogen and oxygen atoms in total. The molecule has 0 fully saturated rings. The molecule has 0 saturated heterocycles. The van der Waals surface area contributed by atoms with Crippen molar-refractivity contribution in [3.8, 4) is 0 Å². The Labute approximate surface area is 169 Å². The van der Waals surface area contributed by atoms with Gasteiger partial charge in [0, 0.05) is 5.69 Å². The highest BCUT2D eigenvalue weighted by Gasteiger charge is 2.17. The van der Waals surface area contributed by atoms with Crippen LogP contribution in [-0.4, -0.2) is 32.0 Å². The number of hydrogen-bond donors (Lipinski definition) is 3. The van der Waals surface area contributed by atoms with E-state index in [9.17, 15) is 9.59 Å². The number of halogens is 2. The highest BCUT2D eigenvalue weighted by atomic mass is 35.5. The lowest BCUT2D eigenvalue weighted by Gasteiger charge is -2.16. The summed E-state index contributed by atoms with van der Waals surface area (Å²) in [6.45, 7) is 4.43. The monoisotopic (exact) mass is 408 g/mol. The summed E-state index contributed by atoms with van der Waals surface area (Å²) in [4.78, 5) is 25.3. The molecule has 0 radical (unpaired) electrons. The molecule has 7 heteroatoms. The zero-order valence-electron chi connectivity index (χ0n) is 15.6. The Bertz CT molecular complexity index is 804. The normalized spacial score (nSPS) is 11.9. The van der Waals surface area contributed by atoms with Gasteiger partial charge in [0.05, 0.1) is 22.8 Å². The van der Waals surface area contributed by atoms with Crippen molar-refractivity contribution in [2.75, 3.05) is 30.8 Å². The third kappa shape index (κ3) is 6.24. The van der Waals surface area contributed by atoms with Crippen molar-refractivity contribution in [3.63, 3.8) is 0 Å². The summed E-state index contributed by atoms with van der Waals surface area (Å²) in [5, 5.41) is 6.37. The van der Waals surface area contributed by atoms with E-state index in [0.29, 0.717) is 21.7 Å². The fourth-order valence-corrected chi connectivity index (χ4v) is 3.21. The van der Waals surface area contributed by atoms with Gasteiger partial charge in [-0.3, -0.25) is 9.59 Å². The van der Waals surface area contributed by atoms with Crippen LogP contribution in [0.2, 0.25) is 10.0 Å². The van der Waals surface area contributed by atoms with E-state index in [4.69, 9.17) is 23.2 Å². The van der Waals surface area contributed by atoms with Crippen LogP contribution in [0.5, 0.6) is 0 Å². The molecule has 3 N–H and O–H groups in total. The van der Waals surface area contributed by atoms with Crippen LogP contribution in [0.1, 0.15) is 25.3 Å². The summed E-state index contributed by atoms with van der Waals surface area (Å²) < 4.78 is 0. The molecule has 0 saturated carbocycles. The fourth-order valence-electron chi connectivity index (χ4n) is 2.72. The van der Waals surface area contributed by atoms with Gasteiger partial charge in [-0.25, -0.2) is 0 Å². The van der Waals surface area contributed by atoms with E-state index in [-0.39, 0.29) is 24.9 Å². The molecule has 0 aliphatic rings. The van der Waals surface area contributed by atoms with Crippen molar-refractivity contribution in [3.05, 3.63) is 58.1 Å². The number of quaternary nitrogens is 1. The van der Waals surface area contributed by atoms with Crippen LogP contribution in [0, 0.1) is 0 Å². The molecule has 0 spiro atoms. The lowest BCUT2D eigenvalue weighted by atomic mass is 10.0. The van der Waals surface area contributed by atoms with Crippen LogP contribution < -0.4 is 15.5 Å². The number of carbonyl (C=O) groups is 2. The molecule has 1 unspecified atom stereocenters. The lowest BCUT2D eigenvalue weighted by molar-refractivity contribution is -0.862. The van der Waals surface area contributed by atoms with Gasteiger partial charge in [-0.2, -0.15) is 0 Å².